The summed E-state index contributed by atoms with van der Waals surface area (Å²) in [5, 5.41) is 14.9. The van der Waals surface area contributed by atoms with Gasteiger partial charge in [0.2, 0.25) is 5.13 Å². The molecule has 96 valence electrons. The molecule has 1 aliphatic rings. The molecule has 0 spiro atoms. The average molecular weight is 280 g/mol. The van der Waals surface area contributed by atoms with Gasteiger partial charge in [0, 0.05) is 18.2 Å². The Kier molecular flexibility index (Phi) is 3.30. The summed E-state index contributed by atoms with van der Waals surface area (Å²) in [5.41, 5.74) is 0. The molecule has 4 nitrogen and oxygen atoms in total. The van der Waals surface area contributed by atoms with Crippen LogP contribution < -0.4 is 5.32 Å². The van der Waals surface area contributed by atoms with Crippen molar-refractivity contribution in [2.75, 3.05) is 5.32 Å². The molecule has 2 aromatic rings. The molecular formula is C12H16N4S2. The maximum absolute atomic E-state index is 4.48. The summed E-state index contributed by atoms with van der Waals surface area (Å²) in [6.07, 6.45) is 5.61. The zero-order valence-electron chi connectivity index (χ0n) is 10.5. The molecule has 0 saturated heterocycles. The SMILES string of the molecule is CCC(C)Nc1nnc(-c2cnc(C3CC3)s2)s1. The highest BCUT2D eigenvalue weighted by Gasteiger charge is 2.27. The fourth-order valence-corrected chi connectivity index (χ4v) is 3.58. The fourth-order valence-electron chi connectivity index (χ4n) is 1.60. The number of thiazole rings is 1. The molecule has 0 radical (unpaired) electrons. The predicted molar refractivity (Wildman–Crippen MR) is 76.4 cm³/mol. The van der Waals surface area contributed by atoms with Gasteiger partial charge in [0.05, 0.1) is 9.88 Å². The number of hydrogen-bond donors (Lipinski definition) is 1. The Balaban J connectivity index is 1.74. The summed E-state index contributed by atoms with van der Waals surface area (Å²) in [4.78, 5) is 5.62. The van der Waals surface area contributed by atoms with Gasteiger partial charge in [-0.05, 0) is 26.2 Å². The highest BCUT2D eigenvalue weighted by atomic mass is 32.1. The van der Waals surface area contributed by atoms with Crippen molar-refractivity contribution in [3.63, 3.8) is 0 Å². The van der Waals surface area contributed by atoms with E-state index in [1.54, 1.807) is 22.7 Å². The normalized spacial score (nSPS) is 16.8. The second kappa shape index (κ2) is 4.93. The number of nitrogens with one attached hydrogen (secondary N) is 1. The van der Waals surface area contributed by atoms with Crippen molar-refractivity contribution in [2.45, 2.75) is 45.1 Å². The minimum absolute atomic E-state index is 0.439. The van der Waals surface area contributed by atoms with Gasteiger partial charge in [-0.25, -0.2) is 4.98 Å². The number of hydrogen-bond acceptors (Lipinski definition) is 6. The van der Waals surface area contributed by atoms with Crippen molar-refractivity contribution in [1.29, 1.82) is 0 Å². The van der Waals surface area contributed by atoms with E-state index >= 15 is 0 Å². The lowest BCUT2D eigenvalue weighted by molar-refractivity contribution is 0.760. The Bertz CT molecular complexity index is 530. The van der Waals surface area contributed by atoms with Crippen molar-refractivity contribution < 1.29 is 0 Å². The lowest BCUT2D eigenvalue weighted by Gasteiger charge is -2.07. The van der Waals surface area contributed by atoms with Gasteiger partial charge < -0.3 is 5.32 Å². The van der Waals surface area contributed by atoms with E-state index in [0.717, 1.165) is 27.4 Å². The van der Waals surface area contributed by atoms with Crippen LogP contribution in [-0.2, 0) is 0 Å². The van der Waals surface area contributed by atoms with Crippen LogP contribution in [0.5, 0.6) is 0 Å². The van der Waals surface area contributed by atoms with Crippen LogP contribution in [0.2, 0.25) is 0 Å². The van der Waals surface area contributed by atoms with Crippen LogP contribution in [0.3, 0.4) is 0 Å². The van der Waals surface area contributed by atoms with Crippen LogP contribution in [0.4, 0.5) is 5.13 Å². The van der Waals surface area contributed by atoms with E-state index in [0.29, 0.717) is 6.04 Å². The lowest BCUT2D eigenvalue weighted by Crippen LogP contribution is -2.12. The molecule has 2 heterocycles. The summed E-state index contributed by atoms with van der Waals surface area (Å²) < 4.78 is 0. The summed E-state index contributed by atoms with van der Waals surface area (Å²) in [7, 11) is 0. The van der Waals surface area contributed by atoms with E-state index in [9.17, 15) is 0 Å². The highest BCUT2D eigenvalue weighted by molar-refractivity contribution is 7.23. The first-order valence-corrected chi connectivity index (χ1v) is 7.95. The molecule has 1 saturated carbocycles. The largest absolute Gasteiger partial charge is 0.358 e. The summed E-state index contributed by atoms with van der Waals surface area (Å²) in [6, 6.07) is 0.439. The Morgan fingerprint density at radius 1 is 1.39 bits per heavy atom. The number of anilines is 1. The molecule has 1 N–H and O–H groups in total. The molecule has 0 aromatic carbocycles. The highest BCUT2D eigenvalue weighted by Crippen LogP contribution is 2.43. The molecule has 3 rings (SSSR count). The van der Waals surface area contributed by atoms with Crippen LogP contribution in [0.1, 0.15) is 44.0 Å². The summed E-state index contributed by atoms with van der Waals surface area (Å²) >= 11 is 3.38. The van der Waals surface area contributed by atoms with Gasteiger partial charge in [-0.2, -0.15) is 0 Å². The Labute approximate surface area is 114 Å². The van der Waals surface area contributed by atoms with E-state index in [1.165, 1.54) is 17.8 Å². The third kappa shape index (κ3) is 2.54. The van der Waals surface area contributed by atoms with E-state index < -0.39 is 0 Å². The topological polar surface area (TPSA) is 50.7 Å². The number of nitrogens with zero attached hydrogens (tertiary/aromatic N) is 3. The van der Waals surface area contributed by atoms with E-state index in [4.69, 9.17) is 0 Å². The second-order valence-corrected chi connectivity index (χ2v) is 6.74. The molecule has 18 heavy (non-hydrogen) atoms. The minimum atomic E-state index is 0.439. The third-order valence-corrected chi connectivity index (χ3v) is 5.25. The summed E-state index contributed by atoms with van der Waals surface area (Å²) in [6.45, 7) is 4.31. The van der Waals surface area contributed by atoms with Crippen LogP contribution in [0, 0.1) is 0 Å². The van der Waals surface area contributed by atoms with Crippen LogP contribution in [0.15, 0.2) is 6.20 Å². The van der Waals surface area contributed by atoms with E-state index in [1.807, 2.05) is 6.20 Å². The monoisotopic (exact) mass is 280 g/mol. The van der Waals surface area contributed by atoms with Crippen molar-refractivity contribution >= 4 is 27.8 Å². The average Bonchev–Trinajstić information content (AvgIpc) is 2.92. The van der Waals surface area contributed by atoms with Gasteiger partial charge in [-0.15, -0.1) is 21.5 Å². The van der Waals surface area contributed by atoms with E-state index in [2.05, 4.69) is 34.3 Å². The Morgan fingerprint density at radius 3 is 2.94 bits per heavy atom. The maximum Gasteiger partial charge on any atom is 0.206 e. The molecule has 2 aromatic heterocycles. The third-order valence-electron chi connectivity index (χ3n) is 3.07. The molecule has 0 amide bonds. The van der Waals surface area contributed by atoms with Crippen molar-refractivity contribution in [3.05, 3.63) is 11.2 Å². The number of aromatic nitrogens is 3. The molecule has 1 unspecified atom stereocenters. The lowest BCUT2D eigenvalue weighted by atomic mass is 10.3. The maximum atomic E-state index is 4.48. The first-order chi connectivity index (χ1) is 8.76. The minimum Gasteiger partial charge on any atom is -0.358 e. The number of rotatable bonds is 5. The van der Waals surface area contributed by atoms with Crippen molar-refractivity contribution in [3.8, 4) is 9.88 Å². The van der Waals surface area contributed by atoms with Crippen molar-refractivity contribution in [2.24, 2.45) is 0 Å². The van der Waals surface area contributed by atoms with Crippen molar-refractivity contribution in [1.82, 2.24) is 15.2 Å². The van der Waals surface area contributed by atoms with Crippen LogP contribution >= 0.6 is 22.7 Å². The Morgan fingerprint density at radius 2 is 2.22 bits per heavy atom. The molecule has 1 atom stereocenters. The van der Waals surface area contributed by atoms with Gasteiger partial charge in [-0.1, -0.05) is 18.3 Å². The fraction of sp³-hybridized carbons (Fsp3) is 0.583. The van der Waals surface area contributed by atoms with Gasteiger partial charge in [0.25, 0.3) is 0 Å². The molecule has 1 fully saturated rings. The molecule has 1 aliphatic carbocycles. The summed E-state index contributed by atoms with van der Waals surface area (Å²) in [5.74, 6) is 0.717. The zero-order chi connectivity index (χ0) is 12.5. The second-order valence-electron chi connectivity index (χ2n) is 4.70. The van der Waals surface area contributed by atoms with Gasteiger partial charge in [-0.3, -0.25) is 0 Å². The standard InChI is InChI=1S/C12H16N4S2/c1-3-7(2)14-12-16-15-11(18-12)9-6-13-10(17-9)8-4-5-8/h6-8H,3-5H2,1-2H3,(H,14,16). The first kappa shape index (κ1) is 12.0. The quantitative estimate of drug-likeness (QED) is 0.906. The Hall–Kier alpha value is -1.01. The van der Waals surface area contributed by atoms with Crippen LogP contribution in [0.25, 0.3) is 9.88 Å². The van der Waals surface area contributed by atoms with Crippen LogP contribution in [-0.4, -0.2) is 21.2 Å². The first-order valence-electron chi connectivity index (χ1n) is 6.32. The molecular weight excluding hydrogens is 264 g/mol. The van der Waals surface area contributed by atoms with Gasteiger partial charge in [0.1, 0.15) is 0 Å². The zero-order valence-corrected chi connectivity index (χ0v) is 12.1. The van der Waals surface area contributed by atoms with Gasteiger partial charge >= 0.3 is 0 Å². The van der Waals surface area contributed by atoms with E-state index in [-0.39, 0.29) is 0 Å². The smallest absolute Gasteiger partial charge is 0.206 e. The molecule has 6 heteroatoms. The molecule has 0 bridgehead atoms. The predicted octanol–water partition coefficient (Wildman–Crippen LogP) is 3.75. The molecule has 0 aliphatic heterocycles. The van der Waals surface area contributed by atoms with Gasteiger partial charge in [0.15, 0.2) is 5.01 Å².